The molecule has 1 aromatic rings. The number of rotatable bonds is 4. The van der Waals surface area contributed by atoms with Gasteiger partial charge in [-0.25, -0.2) is 4.79 Å². The third-order valence-electron chi connectivity index (χ3n) is 6.87. The lowest BCUT2D eigenvalue weighted by atomic mass is 9.47. The molecule has 1 aromatic carbocycles. The van der Waals surface area contributed by atoms with E-state index < -0.39 is 52.6 Å². The molecule has 5 rings (SSSR count). The van der Waals surface area contributed by atoms with Gasteiger partial charge in [-0.15, -0.1) is 11.6 Å². The van der Waals surface area contributed by atoms with Gasteiger partial charge >= 0.3 is 24.2 Å². The lowest BCUT2D eigenvalue weighted by Crippen LogP contribution is -2.67. The number of amides is 1. The van der Waals surface area contributed by atoms with Gasteiger partial charge in [-0.1, -0.05) is 30.3 Å². The first kappa shape index (κ1) is 23.2. The molecule has 4 saturated carbocycles. The van der Waals surface area contributed by atoms with Crippen LogP contribution in [0.1, 0.15) is 43.7 Å². The molecule has 4 bridgehead atoms. The third-order valence-corrected chi connectivity index (χ3v) is 7.32. The van der Waals surface area contributed by atoms with Crippen LogP contribution in [0.15, 0.2) is 30.3 Å². The van der Waals surface area contributed by atoms with Crippen LogP contribution in [-0.2, 0) is 14.3 Å². The van der Waals surface area contributed by atoms with Crippen molar-refractivity contribution in [3.8, 4) is 0 Å². The van der Waals surface area contributed by atoms with E-state index in [1.165, 1.54) is 12.1 Å². The van der Waals surface area contributed by atoms with Gasteiger partial charge in [-0.3, -0.25) is 4.79 Å². The van der Waals surface area contributed by atoms with Gasteiger partial charge < -0.3 is 10.1 Å². The summed E-state index contributed by atoms with van der Waals surface area (Å²) < 4.78 is 83.8. The molecule has 1 N–H and O–H groups in total. The molecular weight excluding hydrogens is 464 g/mol. The number of hydrogen-bond donors (Lipinski definition) is 1. The lowest BCUT2D eigenvalue weighted by molar-refractivity contribution is -0.245. The van der Waals surface area contributed by atoms with Crippen molar-refractivity contribution >= 4 is 23.5 Å². The molecule has 0 aromatic heterocycles. The van der Waals surface area contributed by atoms with Gasteiger partial charge in [-0.2, -0.15) is 26.3 Å². The van der Waals surface area contributed by atoms with Gasteiger partial charge in [-0.05, 0) is 43.1 Å². The van der Waals surface area contributed by atoms with Crippen molar-refractivity contribution in [2.45, 2.75) is 61.0 Å². The Morgan fingerprint density at radius 1 is 1.03 bits per heavy atom. The molecule has 6 atom stereocenters. The number of carbonyl (C=O) groups is 2. The van der Waals surface area contributed by atoms with E-state index >= 15 is 0 Å². The van der Waals surface area contributed by atoms with Gasteiger partial charge in [0.1, 0.15) is 5.60 Å². The van der Waals surface area contributed by atoms with Crippen molar-refractivity contribution < 1.29 is 40.7 Å². The second-order valence-corrected chi connectivity index (χ2v) is 9.94. The number of alkyl halides is 7. The van der Waals surface area contributed by atoms with E-state index in [0.717, 1.165) is 0 Å². The SMILES string of the molecule is O=C(NC(c1ccccc1)[C@H]1[C@H]2C[C@@H]3C[C@](Cl)(C2)C[C@@]1(OC(=O)C(F)(F)F)C3)C(F)(F)F. The van der Waals surface area contributed by atoms with E-state index in [9.17, 15) is 35.9 Å². The number of benzene rings is 1. The van der Waals surface area contributed by atoms with Crippen LogP contribution in [0, 0.1) is 17.8 Å². The Labute approximate surface area is 184 Å². The van der Waals surface area contributed by atoms with Crippen molar-refractivity contribution in [1.82, 2.24) is 5.32 Å². The fraction of sp³-hybridized carbons (Fsp3) is 0.619. The number of ether oxygens (including phenoxy) is 1. The van der Waals surface area contributed by atoms with E-state index in [0.29, 0.717) is 19.3 Å². The van der Waals surface area contributed by atoms with Crippen molar-refractivity contribution in [2.75, 3.05) is 0 Å². The molecule has 0 aliphatic heterocycles. The number of hydrogen-bond acceptors (Lipinski definition) is 3. The van der Waals surface area contributed by atoms with Crippen LogP contribution < -0.4 is 5.32 Å². The summed E-state index contributed by atoms with van der Waals surface area (Å²) in [7, 11) is 0. The summed E-state index contributed by atoms with van der Waals surface area (Å²) in [4.78, 5) is 22.9. The Morgan fingerprint density at radius 3 is 2.25 bits per heavy atom. The number of nitrogens with one attached hydrogen (secondary N) is 1. The van der Waals surface area contributed by atoms with Crippen LogP contribution in [0.4, 0.5) is 26.3 Å². The predicted molar refractivity (Wildman–Crippen MR) is 100 cm³/mol. The zero-order valence-electron chi connectivity index (χ0n) is 16.6. The molecule has 11 heteroatoms. The molecular formula is C21H20ClF6NO3. The van der Waals surface area contributed by atoms with Crippen LogP contribution in [-0.4, -0.2) is 34.7 Å². The average Bonchev–Trinajstić information content (AvgIpc) is 2.64. The van der Waals surface area contributed by atoms with E-state index in [1.807, 2.05) is 5.32 Å². The van der Waals surface area contributed by atoms with E-state index in [4.69, 9.17) is 16.3 Å². The molecule has 4 aliphatic rings. The second-order valence-electron chi connectivity index (χ2n) is 9.14. The maximum atomic E-state index is 13.1. The molecule has 0 saturated heterocycles. The zero-order chi connectivity index (χ0) is 23.5. The molecule has 0 heterocycles. The van der Waals surface area contributed by atoms with E-state index in [-0.39, 0.29) is 24.3 Å². The molecule has 0 radical (unpaired) electrons. The van der Waals surface area contributed by atoms with Crippen molar-refractivity contribution in [2.24, 2.45) is 17.8 Å². The fourth-order valence-electron chi connectivity index (χ4n) is 6.25. The highest BCUT2D eigenvalue weighted by Crippen LogP contribution is 2.66. The molecule has 1 unspecified atom stereocenters. The molecule has 176 valence electrons. The van der Waals surface area contributed by atoms with Gasteiger partial charge in [0.2, 0.25) is 0 Å². The zero-order valence-corrected chi connectivity index (χ0v) is 17.4. The molecule has 4 nitrogen and oxygen atoms in total. The minimum atomic E-state index is -5.27. The minimum Gasteiger partial charge on any atom is -0.452 e. The quantitative estimate of drug-likeness (QED) is 0.370. The van der Waals surface area contributed by atoms with Crippen LogP contribution in [0.5, 0.6) is 0 Å². The largest absolute Gasteiger partial charge is 0.490 e. The van der Waals surface area contributed by atoms with Crippen LogP contribution in [0.25, 0.3) is 0 Å². The first-order chi connectivity index (χ1) is 14.7. The summed E-state index contributed by atoms with van der Waals surface area (Å²) in [6.07, 6.45) is -9.12. The standard InChI is InChI=1S/C21H20ClF6NO3/c22-18-7-11-6-13(9-18)14(19(8-11,10-18)32-17(31)21(26,27)28)15(12-4-2-1-3-5-12)29-16(30)20(23,24)25/h1-5,11,13-15H,6-10H2,(H,29,30)/t11-,13+,14-,15?,18+,19+/m1/s1. The highest BCUT2D eigenvalue weighted by Gasteiger charge is 2.67. The first-order valence-corrected chi connectivity index (χ1v) is 10.5. The normalized spacial score (nSPS) is 34.8. The Bertz CT molecular complexity index is 907. The lowest BCUT2D eigenvalue weighted by Gasteiger charge is -2.64. The second kappa shape index (κ2) is 7.53. The Balaban J connectivity index is 1.79. The molecule has 32 heavy (non-hydrogen) atoms. The minimum absolute atomic E-state index is 0.0513. The van der Waals surface area contributed by atoms with Crippen LogP contribution in [0.2, 0.25) is 0 Å². The van der Waals surface area contributed by atoms with Gasteiger partial charge in [0.25, 0.3) is 0 Å². The summed E-state index contributed by atoms with van der Waals surface area (Å²) in [5.41, 5.74) is -1.45. The topological polar surface area (TPSA) is 55.4 Å². The molecule has 4 fully saturated rings. The molecule has 4 aliphatic carbocycles. The third kappa shape index (κ3) is 4.18. The number of esters is 1. The summed E-state index contributed by atoms with van der Waals surface area (Å²) >= 11 is 6.67. The van der Waals surface area contributed by atoms with Gasteiger partial charge in [0, 0.05) is 17.2 Å². The Morgan fingerprint density at radius 2 is 1.69 bits per heavy atom. The van der Waals surface area contributed by atoms with Crippen LogP contribution in [0.3, 0.4) is 0 Å². The fourth-order valence-corrected chi connectivity index (χ4v) is 6.89. The highest BCUT2D eigenvalue weighted by atomic mass is 35.5. The summed E-state index contributed by atoms with van der Waals surface area (Å²) in [6, 6.07) is 6.39. The smallest absolute Gasteiger partial charge is 0.452 e. The maximum Gasteiger partial charge on any atom is 0.490 e. The number of halogens is 7. The van der Waals surface area contributed by atoms with Crippen LogP contribution >= 0.6 is 11.6 Å². The average molecular weight is 484 g/mol. The summed E-state index contributed by atoms with van der Waals surface area (Å²) in [6.45, 7) is 0. The van der Waals surface area contributed by atoms with Crippen molar-refractivity contribution in [1.29, 1.82) is 0 Å². The van der Waals surface area contributed by atoms with E-state index in [2.05, 4.69) is 0 Å². The maximum absolute atomic E-state index is 13.1. The monoisotopic (exact) mass is 483 g/mol. The van der Waals surface area contributed by atoms with E-state index in [1.54, 1.807) is 18.2 Å². The first-order valence-electron chi connectivity index (χ1n) is 10.1. The Kier molecular flexibility index (Phi) is 5.46. The number of carbonyl (C=O) groups excluding carboxylic acids is 2. The molecule has 0 spiro atoms. The summed E-state index contributed by atoms with van der Waals surface area (Å²) in [5.74, 6) is -6.15. The molecule has 1 amide bonds. The van der Waals surface area contributed by atoms with Crippen molar-refractivity contribution in [3.63, 3.8) is 0 Å². The highest BCUT2D eigenvalue weighted by molar-refractivity contribution is 6.24. The Hall–Kier alpha value is -1.97. The van der Waals surface area contributed by atoms with Crippen molar-refractivity contribution in [3.05, 3.63) is 35.9 Å². The predicted octanol–water partition coefficient (Wildman–Crippen LogP) is 5.07. The van der Waals surface area contributed by atoms with Gasteiger partial charge in [0.15, 0.2) is 0 Å². The summed E-state index contributed by atoms with van der Waals surface area (Å²) in [5, 5.41) is 1.97. The van der Waals surface area contributed by atoms with Gasteiger partial charge in [0.05, 0.1) is 6.04 Å².